The van der Waals surface area contributed by atoms with Gasteiger partial charge in [0.1, 0.15) is 11.6 Å². The Balaban J connectivity index is 2.52. The Morgan fingerprint density at radius 3 is 2.74 bits per heavy atom. The van der Waals surface area contributed by atoms with Crippen molar-refractivity contribution in [1.29, 1.82) is 0 Å². The zero-order valence-electron chi connectivity index (χ0n) is 11.2. The number of methoxy groups -OCH3 is 1. The molecule has 0 bridgehead atoms. The fraction of sp³-hybridized carbons (Fsp3) is 0.500. The van der Waals surface area contributed by atoms with Gasteiger partial charge in [0.15, 0.2) is 0 Å². The van der Waals surface area contributed by atoms with E-state index in [1.165, 1.54) is 19.2 Å². The molecule has 1 aromatic rings. The number of rotatable bonds is 7. The van der Waals surface area contributed by atoms with Crippen molar-refractivity contribution in [1.82, 2.24) is 0 Å². The molecule has 0 spiro atoms. The average molecular weight is 269 g/mol. The van der Waals surface area contributed by atoms with Crippen molar-refractivity contribution in [2.45, 2.75) is 32.2 Å². The van der Waals surface area contributed by atoms with Crippen LogP contribution in [0.1, 0.15) is 25.3 Å². The molecule has 2 unspecified atom stereocenters. The molecule has 1 rings (SSSR count). The van der Waals surface area contributed by atoms with Gasteiger partial charge >= 0.3 is 5.97 Å². The van der Waals surface area contributed by atoms with Gasteiger partial charge in [0.25, 0.3) is 0 Å². The Labute approximate surface area is 112 Å². The van der Waals surface area contributed by atoms with Crippen LogP contribution < -0.4 is 10.5 Å². The van der Waals surface area contributed by atoms with Crippen LogP contribution in [0, 0.1) is 11.7 Å². The molecule has 0 fully saturated rings. The van der Waals surface area contributed by atoms with Crippen molar-refractivity contribution >= 4 is 5.97 Å². The quantitative estimate of drug-likeness (QED) is 0.796. The molecular weight excluding hydrogens is 249 g/mol. The van der Waals surface area contributed by atoms with Crippen molar-refractivity contribution in [3.05, 3.63) is 29.6 Å². The molecule has 0 aliphatic rings. The monoisotopic (exact) mass is 269 g/mol. The lowest BCUT2D eigenvalue weighted by Gasteiger charge is -2.14. The number of aryl methyl sites for hydroxylation is 1. The third-order valence-electron chi connectivity index (χ3n) is 3.05. The normalized spacial score (nSPS) is 13.9. The minimum Gasteiger partial charge on any atom is -0.497 e. The molecule has 5 heteroatoms. The number of carboxylic acids is 1. The summed E-state index contributed by atoms with van der Waals surface area (Å²) in [6.45, 7) is 1.63. The molecule has 0 heterocycles. The van der Waals surface area contributed by atoms with Gasteiger partial charge in [0.05, 0.1) is 13.0 Å². The first kappa shape index (κ1) is 15.4. The SMILES string of the molecule is COc1cc(F)cc(CCC(N)CC(C)C(=O)O)c1. The summed E-state index contributed by atoms with van der Waals surface area (Å²) < 4.78 is 18.3. The molecule has 1 aromatic carbocycles. The second kappa shape index (κ2) is 7.09. The highest BCUT2D eigenvalue weighted by molar-refractivity contribution is 5.69. The number of ether oxygens (including phenoxy) is 1. The van der Waals surface area contributed by atoms with Crippen LogP contribution in [0.15, 0.2) is 18.2 Å². The van der Waals surface area contributed by atoms with Crippen LogP contribution in [0.3, 0.4) is 0 Å². The fourth-order valence-electron chi connectivity index (χ4n) is 1.91. The second-order valence-electron chi connectivity index (χ2n) is 4.77. The number of carbonyl (C=O) groups is 1. The summed E-state index contributed by atoms with van der Waals surface area (Å²) in [5.41, 5.74) is 6.68. The lowest BCUT2D eigenvalue weighted by molar-refractivity contribution is -0.141. The summed E-state index contributed by atoms with van der Waals surface area (Å²) in [5, 5.41) is 8.80. The maximum Gasteiger partial charge on any atom is 0.306 e. The van der Waals surface area contributed by atoms with E-state index in [4.69, 9.17) is 15.6 Å². The van der Waals surface area contributed by atoms with Crippen LogP contribution in [0.25, 0.3) is 0 Å². The van der Waals surface area contributed by atoms with Gasteiger partial charge in [-0.25, -0.2) is 4.39 Å². The topological polar surface area (TPSA) is 72.5 Å². The van der Waals surface area contributed by atoms with E-state index in [0.29, 0.717) is 25.0 Å². The summed E-state index contributed by atoms with van der Waals surface area (Å²) in [6.07, 6.45) is 1.63. The number of hydrogen-bond acceptors (Lipinski definition) is 3. The zero-order chi connectivity index (χ0) is 14.4. The minimum atomic E-state index is -0.845. The first-order valence-electron chi connectivity index (χ1n) is 6.24. The molecule has 0 aliphatic carbocycles. The molecule has 0 aliphatic heterocycles. The summed E-state index contributed by atoms with van der Waals surface area (Å²) in [7, 11) is 1.48. The molecule has 0 amide bonds. The molecular formula is C14H20FNO3. The van der Waals surface area contributed by atoms with Crippen LogP contribution in [0.5, 0.6) is 5.75 Å². The summed E-state index contributed by atoms with van der Waals surface area (Å²) >= 11 is 0. The molecule has 19 heavy (non-hydrogen) atoms. The van der Waals surface area contributed by atoms with Crippen LogP contribution in [0.2, 0.25) is 0 Å². The van der Waals surface area contributed by atoms with Crippen molar-refractivity contribution < 1.29 is 19.0 Å². The lowest BCUT2D eigenvalue weighted by Crippen LogP contribution is -2.26. The van der Waals surface area contributed by atoms with Crippen molar-refractivity contribution in [3.63, 3.8) is 0 Å². The van der Waals surface area contributed by atoms with Gasteiger partial charge in [-0.2, -0.15) is 0 Å². The minimum absolute atomic E-state index is 0.208. The smallest absolute Gasteiger partial charge is 0.306 e. The number of hydrogen-bond donors (Lipinski definition) is 2. The van der Waals surface area contributed by atoms with Gasteiger partial charge in [-0.3, -0.25) is 4.79 Å². The summed E-state index contributed by atoms with van der Waals surface area (Å²) in [6, 6.07) is 4.31. The van der Waals surface area contributed by atoms with E-state index in [1.807, 2.05) is 0 Å². The molecule has 106 valence electrons. The summed E-state index contributed by atoms with van der Waals surface area (Å²) in [5.74, 6) is -1.18. The van der Waals surface area contributed by atoms with Crippen LogP contribution in [0.4, 0.5) is 4.39 Å². The number of aliphatic carboxylic acids is 1. The van der Waals surface area contributed by atoms with Gasteiger partial charge in [-0.15, -0.1) is 0 Å². The first-order chi connectivity index (χ1) is 8.92. The van der Waals surface area contributed by atoms with E-state index >= 15 is 0 Å². The van der Waals surface area contributed by atoms with Gasteiger partial charge in [-0.05, 0) is 37.0 Å². The number of carboxylic acid groups (broad SMARTS) is 1. The largest absolute Gasteiger partial charge is 0.497 e. The highest BCUT2D eigenvalue weighted by Crippen LogP contribution is 2.18. The van der Waals surface area contributed by atoms with Gasteiger partial charge in [0.2, 0.25) is 0 Å². The van der Waals surface area contributed by atoms with E-state index in [-0.39, 0.29) is 11.9 Å². The zero-order valence-corrected chi connectivity index (χ0v) is 11.2. The van der Waals surface area contributed by atoms with E-state index in [9.17, 15) is 9.18 Å². The van der Waals surface area contributed by atoms with Crippen molar-refractivity contribution in [2.24, 2.45) is 11.7 Å². The molecule has 2 atom stereocenters. The van der Waals surface area contributed by atoms with Crippen LogP contribution in [-0.4, -0.2) is 24.2 Å². The number of halogens is 1. The average Bonchev–Trinajstić information content (AvgIpc) is 2.35. The fourth-order valence-corrected chi connectivity index (χ4v) is 1.91. The Kier molecular flexibility index (Phi) is 5.76. The van der Waals surface area contributed by atoms with Crippen molar-refractivity contribution in [2.75, 3.05) is 7.11 Å². The van der Waals surface area contributed by atoms with Gasteiger partial charge < -0.3 is 15.6 Å². The number of benzene rings is 1. The Bertz CT molecular complexity index is 437. The predicted octanol–water partition coefficient (Wildman–Crippen LogP) is 2.21. The molecule has 4 nitrogen and oxygen atoms in total. The van der Waals surface area contributed by atoms with Gasteiger partial charge in [-0.1, -0.05) is 6.92 Å². The third kappa shape index (κ3) is 5.26. The Morgan fingerprint density at radius 2 is 2.16 bits per heavy atom. The third-order valence-corrected chi connectivity index (χ3v) is 3.05. The Morgan fingerprint density at radius 1 is 1.47 bits per heavy atom. The lowest BCUT2D eigenvalue weighted by atomic mass is 9.97. The van der Waals surface area contributed by atoms with Crippen LogP contribution >= 0.6 is 0 Å². The maximum absolute atomic E-state index is 13.3. The maximum atomic E-state index is 13.3. The second-order valence-corrected chi connectivity index (χ2v) is 4.77. The van der Waals surface area contributed by atoms with E-state index in [1.54, 1.807) is 13.0 Å². The molecule has 0 radical (unpaired) electrons. The highest BCUT2D eigenvalue weighted by atomic mass is 19.1. The molecule has 0 aromatic heterocycles. The van der Waals surface area contributed by atoms with Crippen LogP contribution in [-0.2, 0) is 11.2 Å². The first-order valence-corrected chi connectivity index (χ1v) is 6.24. The standard InChI is InChI=1S/C14H20FNO3/c1-9(14(17)18)5-12(16)4-3-10-6-11(15)8-13(7-10)19-2/h6-9,12H,3-5,16H2,1-2H3,(H,17,18). The summed E-state index contributed by atoms with van der Waals surface area (Å²) in [4.78, 5) is 10.7. The Hall–Kier alpha value is -1.62. The van der Waals surface area contributed by atoms with Gasteiger partial charge in [0, 0.05) is 12.1 Å². The molecule has 3 N–H and O–H groups in total. The number of nitrogens with two attached hydrogens (primary N) is 1. The van der Waals surface area contributed by atoms with E-state index in [2.05, 4.69) is 0 Å². The molecule has 0 saturated carbocycles. The van der Waals surface area contributed by atoms with E-state index in [0.717, 1.165) is 5.56 Å². The van der Waals surface area contributed by atoms with E-state index < -0.39 is 11.9 Å². The molecule has 0 saturated heterocycles. The highest BCUT2D eigenvalue weighted by Gasteiger charge is 2.15. The predicted molar refractivity (Wildman–Crippen MR) is 70.7 cm³/mol. The van der Waals surface area contributed by atoms with Crippen molar-refractivity contribution in [3.8, 4) is 5.75 Å².